The number of carbonyl (C=O) groups excluding carboxylic acids is 1. The predicted octanol–water partition coefficient (Wildman–Crippen LogP) is 3.82. The monoisotopic (exact) mass is 328 g/mol. The summed E-state index contributed by atoms with van der Waals surface area (Å²) in [4.78, 5) is 24.7. The molecule has 1 amide bonds. The molecule has 0 aliphatic heterocycles. The molecular formula is C15H12N4OS2. The van der Waals surface area contributed by atoms with Crippen molar-refractivity contribution >= 4 is 34.6 Å². The number of nitrogens with zero attached hydrogens (tertiary/aromatic N) is 2. The minimum Gasteiger partial charge on any atom is -0.352 e. The van der Waals surface area contributed by atoms with Gasteiger partial charge in [-0.15, -0.1) is 0 Å². The molecule has 110 valence electrons. The highest BCUT2D eigenvalue weighted by molar-refractivity contribution is 7.71. The lowest BCUT2D eigenvalue weighted by Gasteiger charge is -2.01. The molecule has 22 heavy (non-hydrogen) atoms. The fourth-order valence-electron chi connectivity index (χ4n) is 1.95. The zero-order valence-electron chi connectivity index (χ0n) is 11.7. The third-order valence-electron chi connectivity index (χ3n) is 2.98. The number of aryl methyl sites for hydroxylation is 1. The predicted molar refractivity (Wildman–Crippen MR) is 89.7 cm³/mol. The molecule has 0 unspecified atom stereocenters. The third kappa shape index (κ3) is 2.95. The molecule has 3 heterocycles. The number of H-pyrrole nitrogens is 1. The molecule has 0 aliphatic rings. The molecule has 7 heteroatoms. The van der Waals surface area contributed by atoms with Crippen molar-refractivity contribution in [3.63, 3.8) is 0 Å². The molecule has 0 fully saturated rings. The molecule has 0 radical (unpaired) electrons. The molecule has 0 atom stereocenters. The lowest BCUT2D eigenvalue weighted by Crippen LogP contribution is -2.12. The third-order valence-corrected chi connectivity index (χ3v) is 4.41. The van der Waals surface area contributed by atoms with Gasteiger partial charge in [0.05, 0.1) is 21.8 Å². The highest BCUT2D eigenvalue weighted by Crippen LogP contribution is 2.31. The van der Waals surface area contributed by atoms with Crippen LogP contribution < -0.4 is 5.32 Å². The molecule has 2 N–H and O–H groups in total. The summed E-state index contributed by atoms with van der Waals surface area (Å²) in [6.45, 7) is 1.89. The second-order valence-electron chi connectivity index (χ2n) is 4.52. The van der Waals surface area contributed by atoms with Crippen LogP contribution in [-0.4, -0.2) is 20.9 Å². The van der Waals surface area contributed by atoms with Crippen LogP contribution in [0.3, 0.4) is 0 Å². The fraction of sp³-hybridized carbons (Fsp3) is 0.0667. The number of hydrogen-bond acceptors (Lipinski definition) is 5. The first kappa shape index (κ1) is 14.6. The molecule has 3 aromatic heterocycles. The van der Waals surface area contributed by atoms with E-state index >= 15 is 0 Å². The number of anilines is 1. The van der Waals surface area contributed by atoms with Gasteiger partial charge in [0.1, 0.15) is 4.64 Å². The second-order valence-corrected chi connectivity index (χ2v) is 5.92. The Kier molecular flexibility index (Phi) is 4.08. The van der Waals surface area contributed by atoms with Crippen molar-refractivity contribution in [2.75, 3.05) is 5.32 Å². The number of aromatic amines is 1. The van der Waals surface area contributed by atoms with E-state index in [9.17, 15) is 4.79 Å². The SMILES string of the molecule is Cc1nc(NC(=O)c2ccc[nH]c2=S)sc1-c1ccccn1. The van der Waals surface area contributed by atoms with Gasteiger partial charge in [-0.1, -0.05) is 29.6 Å². The van der Waals surface area contributed by atoms with E-state index < -0.39 is 0 Å². The Balaban J connectivity index is 1.87. The molecule has 0 saturated carbocycles. The lowest BCUT2D eigenvalue weighted by atomic mass is 10.3. The highest BCUT2D eigenvalue weighted by atomic mass is 32.1. The molecule has 0 bridgehead atoms. The molecule has 0 saturated heterocycles. The van der Waals surface area contributed by atoms with Crippen molar-refractivity contribution < 1.29 is 4.79 Å². The van der Waals surface area contributed by atoms with E-state index in [1.54, 1.807) is 24.5 Å². The maximum absolute atomic E-state index is 12.2. The van der Waals surface area contributed by atoms with Crippen LogP contribution in [0.4, 0.5) is 5.13 Å². The van der Waals surface area contributed by atoms with Gasteiger partial charge in [0.2, 0.25) is 0 Å². The minimum atomic E-state index is -0.275. The number of amides is 1. The topological polar surface area (TPSA) is 70.7 Å². The van der Waals surface area contributed by atoms with Gasteiger partial charge in [-0.05, 0) is 31.2 Å². The minimum absolute atomic E-state index is 0.275. The Morgan fingerprint density at radius 2 is 2.18 bits per heavy atom. The van der Waals surface area contributed by atoms with E-state index in [-0.39, 0.29) is 5.91 Å². The van der Waals surface area contributed by atoms with Crippen molar-refractivity contribution in [1.82, 2.24) is 15.0 Å². The molecular weight excluding hydrogens is 316 g/mol. The zero-order valence-corrected chi connectivity index (χ0v) is 13.3. The average Bonchev–Trinajstić information content (AvgIpc) is 2.89. The van der Waals surface area contributed by atoms with Crippen molar-refractivity contribution in [2.45, 2.75) is 6.92 Å². The number of nitrogens with one attached hydrogen (secondary N) is 2. The van der Waals surface area contributed by atoms with Crippen LogP contribution in [0.15, 0.2) is 42.7 Å². The molecule has 3 rings (SSSR count). The van der Waals surface area contributed by atoms with Gasteiger partial charge in [-0.25, -0.2) is 4.98 Å². The normalized spacial score (nSPS) is 10.4. The molecule has 5 nitrogen and oxygen atoms in total. The van der Waals surface area contributed by atoms with Gasteiger partial charge in [0, 0.05) is 12.4 Å². The Bertz CT molecular complexity index is 871. The number of rotatable bonds is 3. The smallest absolute Gasteiger partial charge is 0.260 e. The average molecular weight is 328 g/mol. The standard InChI is InChI=1S/C15H12N4OS2/c1-9-12(11-6-2-3-7-16-11)22-15(18-9)19-13(20)10-5-4-8-17-14(10)21/h2-8H,1H3,(H,17,21)(H,18,19,20). The summed E-state index contributed by atoms with van der Waals surface area (Å²) in [5, 5.41) is 3.31. The summed E-state index contributed by atoms with van der Waals surface area (Å²) in [5.74, 6) is -0.275. The van der Waals surface area contributed by atoms with E-state index in [2.05, 4.69) is 20.3 Å². The molecule has 0 spiro atoms. The molecule has 0 aliphatic carbocycles. The van der Waals surface area contributed by atoms with Crippen molar-refractivity contribution in [3.05, 3.63) is 58.6 Å². The largest absolute Gasteiger partial charge is 0.352 e. The lowest BCUT2D eigenvalue weighted by molar-refractivity contribution is 0.102. The first-order valence-electron chi connectivity index (χ1n) is 6.53. The summed E-state index contributed by atoms with van der Waals surface area (Å²) in [6, 6.07) is 9.10. The van der Waals surface area contributed by atoms with E-state index in [4.69, 9.17) is 12.2 Å². The zero-order chi connectivity index (χ0) is 15.5. The number of carbonyl (C=O) groups is 1. The van der Waals surface area contributed by atoms with Crippen molar-refractivity contribution in [2.24, 2.45) is 0 Å². The van der Waals surface area contributed by atoms with Crippen LogP contribution in [0, 0.1) is 11.6 Å². The van der Waals surface area contributed by atoms with Gasteiger partial charge < -0.3 is 4.98 Å². The van der Waals surface area contributed by atoms with E-state index in [0.29, 0.717) is 15.3 Å². The first-order valence-corrected chi connectivity index (χ1v) is 7.75. The van der Waals surface area contributed by atoms with Crippen LogP contribution in [-0.2, 0) is 0 Å². The quantitative estimate of drug-likeness (QED) is 0.717. The van der Waals surface area contributed by atoms with Crippen molar-refractivity contribution in [1.29, 1.82) is 0 Å². The second kappa shape index (κ2) is 6.17. The van der Waals surface area contributed by atoms with Gasteiger partial charge in [0.15, 0.2) is 5.13 Å². The van der Waals surface area contributed by atoms with Crippen molar-refractivity contribution in [3.8, 4) is 10.6 Å². The van der Waals surface area contributed by atoms with Crippen LogP contribution in [0.25, 0.3) is 10.6 Å². The number of hydrogen-bond donors (Lipinski definition) is 2. The molecule has 3 aromatic rings. The summed E-state index contributed by atoms with van der Waals surface area (Å²) < 4.78 is 0.401. The van der Waals surface area contributed by atoms with E-state index in [1.165, 1.54) is 11.3 Å². The van der Waals surface area contributed by atoms with Crippen LogP contribution in [0.1, 0.15) is 16.1 Å². The number of thiazole rings is 1. The number of pyridine rings is 2. The summed E-state index contributed by atoms with van der Waals surface area (Å²) in [7, 11) is 0. The van der Waals surface area contributed by atoms with Crippen LogP contribution in [0.5, 0.6) is 0 Å². The van der Waals surface area contributed by atoms with E-state index in [1.807, 2.05) is 25.1 Å². The Morgan fingerprint density at radius 3 is 2.91 bits per heavy atom. The maximum atomic E-state index is 12.2. The summed E-state index contributed by atoms with van der Waals surface area (Å²) >= 11 is 6.50. The van der Waals surface area contributed by atoms with Crippen LogP contribution >= 0.6 is 23.6 Å². The summed E-state index contributed by atoms with van der Waals surface area (Å²) in [6.07, 6.45) is 3.42. The fourth-order valence-corrected chi connectivity index (χ4v) is 3.12. The first-order chi connectivity index (χ1) is 10.6. The van der Waals surface area contributed by atoms with Gasteiger partial charge in [0.25, 0.3) is 5.91 Å². The Hall–Kier alpha value is -2.38. The van der Waals surface area contributed by atoms with Gasteiger partial charge >= 0.3 is 0 Å². The Labute approximate surface area is 136 Å². The highest BCUT2D eigenvalue weighted by Gasteiger charge is 2.14. The molecule has 0 aromatic carbocycles. The van der Waals surface area contributed by atoms with Gasteiger partial charge in [-0.3, -0.25) is 15.1 Å². The number of aromatic nitrogens is 3. The summed E-state index contributed by atoms with van der Waals surface area (Å²) in [5.41, 5.74) is 2.09. The van der Waals surface area contributed by atoms with E-state index in [0.717, 1.165) is 16.3 Å². The van der Waals surface area contributed by atoms with Crippen LogP contribution in [0.2, 0.25) is 0 Å². The maximum Gasteiger partial charge on any atom is 0.260 e. The van der Waals surface area contributed by atoms with Gasteiger partial charge in [-0.2, -0.15) is 0 Å². The Morgan fingerprint density at radius 1 is 1.32 bits per heavy atom.